The second kappa shape index (κ2) is 8.32. The van der Waals surface area contributed by atoms with Crippen LogP contribution in [0.4, 0.5) is 5.82 Å². The van der Waals surface area contributed by atoms with Crippen molar-refractivity contribution in [2.75, 3.05) is 12.3 Å². The fourth-order valence-electron chi connectivity index (χ4n) is 3.41. The fraction of sp³-hybridized carbons (Fsp3) is 0.368. The maximum atomic E-state index is 12.3. The summed E-state index contributed by atoms with van der Waals surface area (Å²) >= 11 is 0. The summed E-state index contributed by atoms with van der Waals surface area (Å²) in [6, 6.07) is 9.80. The third-order valence-corrected chi connectivity index (χ3v) is 5.00. The number of nitrogens with zero attached hydrogens (tertiary/aromatic N) is 5. The normalized spacial score (nSPS) is 23.7. The van der Waals surface area contributed by atoms with Crippen LogP contribution in [0, 0.1) is 0 Å². The summed E-state index contributed by atoms with van der Waals surface area (Å²) in [7, 11) is 0. The molecule has 3 heterocycles. The molecule has 1 aliphatic rings. The minimum Gasteiger partial charge on any atom is -0.394 e. The van der Waals surface area contributed by atoms with E-state index in [-0.39, 0.29) is 12.2 Å². The Balaban J connectivity index is 1.56. The van der Waals surface area contributed by atoms with Crippen LogP contribution in [-0.2, 0) is 17.7 Å². The summed E-state index contributed by atoms with van der Waals surface area (Å²) in [6.45, 7) is 0.0624. The van der Waals surface area contributed by atoms with Gasteiger partial charge in [-0.1, -0.05) is 35.5 Å². The number of aliphatic hydroxyl groups excluding tert-OH is 3. The van der Waals surface area contributed by atoms with Crippen LogP contribution in [0.15, 0.2) is 47.5 Å². The van der Waals surface area contributed by atoms with Crippen molar-refractivity contribution in [1.82, 2.24) is 24.5 Å². The van der Waals surface area contributed by atoms with Gasteiger partial charge in [-0.25, -0.2) is 9.48 Å². The molecule has 1 saturated heterocycles. The SMILES string of the molecule is Nc1nc(=O)n([C@@H]2O[C@H](CO)C(O)[C@@H]2O)cc1Cc1cn(Cc2ccccc2)nn1. The van der Waals surface area contributed by atoms with E-state index >= 15 is 0 Å². The molecule has 1 aliphatic heterocycles. The van der Waals surface area contributed by atoms with E-state index in [0.717, 1.165) is 10.1 Å². The van der Waals surface area contributed by atoms with E-state index < -0.39 is 36.8 Å². The van der Waals surface area contributed by atoms with Crippen LogP contribution in [0.2, 0.25) is 0 Å². The summed E-state index contributed by atoms with van der Waals surface area (Å²) in [5, 5.41) is 37.6. The average Bonchev–Trinajstić information content (AvgIpc) is 3.29. The number of nitrogen functional groups attached to an aromatic ring is 1. The Morgan fingerprint density at radius 1 is 1.13 bits per heavy atom. The number of anilines is 1. The minimum atomic E-state index is -1.40. The highest BCUT2D eigenvalue weighted by Gasteiger charge is 2.43. The molecule has 1 fully saturated rings. The van der Waals surface area contributed by atoms with Gasteiger partial charge in [-0.05, 0) is 5.56 Å². The van der Waals surface area contributed by atoms with Gasteiger partial charge in [-0.3, -0.25) is 4.57 Å². The number of rotatable bonds is 6. The molecule has 5 N–H and O–H groups in total. The minimum absolute atomic E-state index is 0.0283. The summed E-state index contributed by atoms with van der Waals surface area (Å²) in [6.07, 6.45) is -1.48. The second-order valence-corrected chi connectivity index (χ2v) is 7.14. The van der Waals surface area contributed by atoms with Gasteiger partial charge in [0, 0.05) is 24.4 Å². The Labute approximate surface area is 171 Å². The van der Waals surface area contributed by atoms with Crippen molar-refractivity contribution >= 4 is 5.82 Å². The van der Waals surface area contributed by atoms with Crippen LogP contribution < -0.4 is 11.4 Å². The van der Waals surface area contributed by atoms with Crippen molar-refractivity contribution in [1.29, 1.82) is 0 Å². The highest BCUT2D eigenvalue weighted by Crippen LogP contribution is 2.28. The topological polar surface area (TPSA) is 162 Å². The smallest absolute Gasteiger partial charge is 0.351 e. The van der Waals surface area contributed by atoms with Gasteiger partial charge in [-0.15, -0.1) is 5.10 Å². The average molecular weight is 414 g/mol. The second-order valence-electron chi connectivity index (χ2n) is 7.14. The van der Waals surface area contributed by atoms with Crippen molar-refractivity contribution in [2.24, 2.45) is 0 Å². The van der Waals surface area contributed by atoms with E-state index in [1.165, 1.54) is 6.20 Å². The molecule has 4 rings (SSSR count). The van der Waals surface area contributed by atoms with Gasteiger partial charge in [0.25, 0.3) is 0 Å². The number of aromatic nitrogens is 5. The standard InChI is InChI=1S/C19H22N6O5/c20-17-12(6-13-9-24(23-22-13)7-11-4-2-1-3-5-11)8-25(19(29)21-17)18-16(28)15(27)14(10-26)30-18/h1-5,8-9,14-16,18,26-28H,6-7,10H2,(H2,20,21,29)/t14-,15?,16+,18-/m1/s1. The van der Waals surface area contributed by atoms with Crippen LogP contribution in [0.5, 0.6) is 0 Å². The van der Waals surface area contributed by atoms with E-state index in [9.17, 15) is 20.1 Å². The molecule has 1 unspecified atom stereocenters. The molecule has 0 spiro atoms. The highest BCUT2D eigenvalue weighted by molar-refractivity contribution is 5.39. The maximum Gasteiger partial charge on any atom is 0.351 e. The first-order chi connectivity index (χ1) is 14.5. The molecule has 0 radical (unpaired) electrons. The first kappa shape index (κ1) is 20.2. The summed E-state index contributed by atoms with van der Waals surface area (Å²) < 4.78 is 8.17. The Bertz CT molecular complexity index is 1070. The van der Waals surface area contributed by atoms with Gasteiger partial charge in [0.05, 0.1) is 18.8 Å². The van der Waals surface area contributed by atoms with Crippen LogP contribution in [-0.4, -0.2) is 64.8 Å². The zero-order valence-corrected chi connectivity index (χ0v) is 15.9. The van der Waals surface area contributed by atoms with Crippen molar-refractivity contribution in [3.05, 3.63) is 70.0 Å². The third-order valence-electron chi connectivity index (χ3n) is 5.00. The van der Waals surface area contributed by atoms with Gasteiger partial charge < -0.3 is 25.8 Å². The lowest BCUT2D eigenvalue weighted by Crippen LogP contribution is -2.36. The summed E-state index contributed by atoms with van der Waals surface area (Å²) in [4.78, 5) is 16.1. The Hall–Kier alpha value is -3.12. The van der Waals surface area contributed by atoms with Crippen molar-refractivity contribution < 1.29 is 20.1 Å². The Morgan fingerprint density at radius 2 is 1.90 bits per heavy atom. The number of ether oxygens (including phenoxy) is 1. The number of benzene rings is 1. The number of hydrogen-bond acceptors (Lipinski definition) is 9. The van der Waals surface area contributed by atoms with E-state index in [0.29, 0.717) is 17.8 Å². The van der Waals surface area contributed by atoms with Crippen molar-refractivity contribution in [3.8, 4) is 0 Å². The molecule has 0 bridgehead atoms. The number of aliphatic hydroxyl groups is 3. The van der Waals surface area contributed by atoms with Crippen LogP contribution >= 0.6 is 0 Å². The van der Waals surface area contributed by atoms with Gasteiger partial charge in [-0.2, -0.15) is 4.98 Å². The molecule has 0 amide bonds. The zero-order valence-electron chi connectivity index (χ0n) is 15.9. The lowest BCUT2D eigenvalue weighted by atomic mass is 10.1. The zero-order chi connectivity index (χ0) is 21.3. The lowest BCUT2D eigenvalue weighted by molar-refractivity contribution is -0.0550. The molecule has 1 aromatic carbocycles. The molecule has 3 aromatic rings. The van der Waals surface area contributed by atoms with Crippen molar-refractivity contribution in [3.63, 3.8) is 0 Å². The summed E-state index contributed by atoms with van der Waals surface area (Å²) in [5.41, 5.74) is 7.35. The third kappa shape index (κ3) is 3.96. The van der Waals surface area contributed by atoms with Gasteiger partial charge in [0.2, 0.25) is 0 Å². The highest BCUT2D eigenvalue weighted by atomic mass is 16.6. The van der Waals surface area contributed by atoms with Gasteiger partial charge in [0.15, 0.2) is 6.23 Å². The Kier molecular flexibility index (Phi) is 5.59. The van der Waals surface area contributed by atoms with Crippen LogP contribution in [0.3, 0.4) is 0 Å². The monoisotopic (exact) mass is 414 g/mol. The first-order valence-electron chi connectivity index (χ1n) is 9.39. The molecular formula is C19H22N6O5. The predicted molar refractivity (Wildman–Crippen MR) is 104 cm³/mol. The largest absolute Gasteiger partial charge is 0.394 e. The van der Waals surface area contributed by atoms with Crippen molar-refractivity contribution in [2.45, 2.75) is 37.5 Å². The number of hydrogen-bond donors (Lipinski definition) is 4. The Morgan fingerprint density at radius 3 is 2.60 bits per heavy atom. The lowest BCUT2D eigenvalue weighted by Gasteiger charge is -2.18. The molecule has 158 valence electrons. The first-order valence-corrected chi connectivity index (χ1v) is 9.39. The van der Waals surface area contributed by atoms with E-state index in [2.05, 4.69) is 15.3 Å². The fourth-order valence-corrected chi connectivity index (χ4v) is 3.41. The van der Waals surface area contributed by atoms with Crippen LogP contribution in [0.25, 0.3) is 0 Å². The van der Waals surface area contributed by atoms with Gasteiger partial charge in [0.1, 0.15) is 24.1 Å². The molecule has 0 saturated carbocycles. The van der Waals surface area contributed by atoms with Crippen LogP contribution in [0.1, 0.15) is 23.0 Å². The molecule has 11 heteroatoms. The number of nitrogens with two attached hydrogens (primary N) is 1. The van der Waals surface area contributed by atoms with E-state index in [1.54, 1.807) is 10.9 Å². The molecule has 11 nitrogen and oxygen atoms in total. The quantitative estimate of drug-likeness (QED) is 0.383. The van der Waals surface area contributed by atoms with E-state index in [1.807, 2.05) is 30.3 Å². The molecular weight excluding hydrogens is 392 g/mol. The molecule has 30 heavy (non-hydrogen) atoms. The summed E-state index contributed by atoms with van der Waals surface area (Å²) in [5.74, 6) is 0.0283. The molecule has 4 atom stereocenters. The van der Waals surface area contributed by atoms with Gasteiger partial charge >= 0.3 is 5.69 Å². The molecule has 0 aliphatic carbocycles. The maximum absolute atomic E-state index is 12.3. The molecule has 2 aromatic heterocycles. The van der Waals surface area contributed by atoms with E-state index in [4.69, 9.17) is 10.5 Å². The predicted octanol–water partition coefficient (Wildman–Crippen LogP) is -1.33.